The summed E-state index contributed by atoms with van der Waals surface area (Å²) in [5.74, 6) is 0.702. The number of hydrogen-bond donors (Lipinski definition) is 1. The summed E-state index contributed by atoms with van der Waals surface area (Å²) in [6.07, 6.45) is -0.320. The van der Waals surface area contributed by atoms with Gasteiger partial charge in [0.25, 0.3) is 0 Å². The van der Waals surface area contributed by atoms with Gasteiger partial charge in [0.05, 0.1) is 6.10 Å². The van der Waals surface area contributed by atoms with Crippen molar-refractivity contribution in [3.63, 3.8) is 0 Å². The molecule has 5 heteroatoms. The molecule has 20 heavy (non-hydrogen) atoms. The molecule has 2 nitrogen and oxygen atoms in total. The summed E-state index contributed by atoms with van der Waals surface area (Å²) < 4.78 is 7.86. The zero-order chi connectivity index (χ0) is 14.3. The van der Waals surface area contributed by atoms with Crippen molar-refractivity contribution in [2.45, 2.75) is 18.6 Å². The molecule has 0 amide bonds. The van der Waals surface area contributed by atoms with E-state index in [0.29, 0.717) is 17.2 Å². The fourth-order valence-electron chi connectivity index (χ4n) is 2.37. The van der Waals surface area contributed by atoms with Crippen molar-refractivity contribution in [2.24, 2.45) is 0 Å². The summed E-state index contributed by atoms with van der Waals surface area (Å²) in [5, 5.41) is 11.0. The van der Waals surface area contributed by atoms with Gasteiger partial charge in [0.1, 0.15) is 11.9 Å². The number of rotatable bonds is 1. The molecule has 2 aromatic rings. The molecule has 3 rings (SSSR count). The third-order valence-corrected chi connectivity index (χ3v) is 4.67. The van der Waals surface area contributed by atoms with Crippen molar-refractivity contribution in [3.8, 4) is 5.75 Å². The molecule has 0 radical (unpaired) electrons. The Balaban J connectivity index is 1.99. The van der Waals surface area contributed by atoms with E-state index in [9.17, 15) is 5.11 Å². The van der Waals surface area contributed by atoms with Crippen LogP contribution in [0, 0.1) is 0 Å². The van der Waals surface area contributed by atoms with E-state index in [1.54, 1.807) is 0 Å². The average Bonchev–Trinajstić information content (AvgIpc) is 2.42. The molecule has 104 valence electrons. The lowest BCUT2D eigenvalue weighted by atomic mass is 9.95. The molecule has 2 atom stereocenters. The lowest BCUT2D eigenvalue weighted by Gasteiger charge is -2.30. The smallest absolute Gasteiger partial charge is 0.128 e. The van der Waals surface area contributed by atoms with Crippen LogP contribution in [-0.2, 0) is 0 Å². The van der Waals surface area contributed by atoms with Crippen LogP contribution in [0.5, 0.6) is 5.75 Å². The molecule has 0 aromatic heterocycles. The maximum Gasteiger partial charge on any atom is 0.128 e. The van der Waals surface area contributed by atoms with Gasteiger partial charge >= 0.3 is 0 Å². The maximum absolute atomic E-state index is 10.3. The van der Waals surface area contributed by atoms with E-state index in [4.69, 9.17) is 16.3 Å². The second kappa shape index (κ2) is 5.68. The molecule has 1 heterocycles. The Morgan fingerprint density at radius 1 is 1.05 bits per heavy atom. The first-order chi connectivity index (χ1) is 9.54. The molecule has 0 fully saturated rings. The molecule has 0 aliphatic carbocycles. The van der Waals surface area contributed by atoms with Crippen molar-refractivity contribution < 1.29 is 9.84 Å². The molecule has 0 saturated carbocycles. The second-order valence-electron chi connectivity index (χ2n) is 4.71. The molecule has 0 saturated heterocycles. The van der Waals surface area contributed by atoms with Crippen LogP contribution in [0.15, 0.2) is 45.3 Å². The summed E-state index contributed by atoms with van der Waals surface area (Å²) in [6.45, 7) is 0. The van der Waals surface area contributed by atoms with Crippen LogP contribution in [0.2, 0.25) is 5.02 Å². The first-order valence-corrected chi connectivity index (χ1v) is 8.10. The third kappa shape index (κ3) is 2.75. The van der Waals surface area contributed by atoms with Crippen LogP contribution >= 0.6 is 43.5 Å². The highest BCUT2D eigenvalue weighted by Gasteiger charge is 2.29. The van der Waals surface area contributed by atoms with Gasteiger partial charge in [0.15, 0.2) is 0 Å². The minimum absolute atomic E-state index is 0.247. The quantitative estimate of drug-likeness (QED) is 0.670. The van der Waals surface area contributed by atoms with E-state index in [2.05, 4.69) is 31.9 Å². The second-order valence-corrected chi connectivity index (χ2v) is 6.94. The van der Waals surface area contributed by atoms with Gasteiger partial charge in [-0.15, -0.1) is 0 Å². The average molecular weight is 419 g/mol. The lowest BCUT2D eigenvalue weighted by Crippen LogP contribution is -2.19. The number of ether oxygens (including phenoxy) is 1. The molecule has 1 unspecified atom stereocenters. The number of aliphatic hydroxyl groups is 1. The van der Waals surface area contributed by atoms with Gasteiger partial charge in [0.2, 0.25) is 0 Å². The topological polar surface area (TPSA) is 29.5 Å². The van der Waals surface area contributed by atoms with Crippen molar-refractivity contribution in [2.75, 3.05) is 0 Å². The number of aliphatic hydroxyl groups excluding tert-OH is 1. The Kier molecular flexibility index (Phi) is 4.09. The Bertz CT molecular complexity index is 660. The van der Waals surface area contributed by atoms with Gasteiger partial charge < -0.3 is 9.84 Å². The van der Waals surface area contributed by atoms with Crippen molar-refractivity contribution in [1.29, 1.82) is 0 Å². The van der Waals surface area contributed by atoms with E-state index in [1.165, 1.54) is 0 Å². The zero-order valence-corrected chi connectivity index (χ0v) is 14.2. The van der Waals surface area contributed by atoms with Crippen LogP contribution in [0.3, 0.4) is 0 Å². The first-order valence-electron chi connectivity index (χ1n) is 6.13. The minimum atomic E-state index is -0.559. The summed E-state index contributed by atoms with van der Waals surface area (Å²) >= 11 is 13.1. The maximum atomic E-state index is 10.3. The predicted molar refractivity (Wildman–Crippen MR) is 86.2 cm³/mol. The van der Waals surface area contributed by atoms with E-state index in [0.717, 1.165) is 20.1 Å². The number of hydrogen-bond acceptors (Lipinski definition) is 2. The summed E-state index contributed by atoms with van der Waals surface area (Å²) in [6, 6.07) is 11.3. The largest absolute Gasteiger partial charge is 0.485 e. The highest BCUT2D eigenvalue weighted by Crippen LogP contribution is 2.43. The molecule has 1 aliphatic rings. The van der Waals surface area contributed by atoms with Crippen LogP contribution < -0.4 is 4.74 Å². The molecular formula is C15H11Br2ClO2. The Labute approximate surface area is 139 Å². The Morgan fingerprint density at radius 3 is 2.45 bits per heavy atom. The fraction of sp³-hybridized carbons (Fsp3) is 0.200. The first kappa shape index (κ1) is 14.4. The van der Waals surface area contributed by atoms with Crippen LogP contribution in [0.4, 0.5) is 0 Å². The number of halogens is 3. The highest BCUT2D eigenvalue weighted by atomic mass is 79.9. The van der Waals surface area contributed by atoms with E-state index in [-0.39, 0.29) is 6.10 Å². The van der Waals surface area contributed by atoms with Gasteiger partial charge in [-0.3, -0.25) is 0 Å². The van der Waals surface area contributed by atoms with Gasteiger partial charge in [-0.2, -0.15) is 0 Å². The van der Waals surface area contributed by atoms with Crippen molar-refractivity contribution in [3.05, 3.63) is 61.5 Å². The number of fused-ring (bicyclic) bond motifs is 1. The highest BCUT2D eigenvalue weighted by molar-refractivity contribution is 9.10. The van der Waals surface area contributed by atoms with E-state index in [1.807, 2.05) is 36.4 Å². The number of benzene rings is 2. The summed E-state index contributed by atoms with van der Waals surface area (Å²) in [5.41, 5.74) is 1.69. The normalized spacial score (nSPS) is 21.2. The summed E-state index contributed by atoms with van der Waals surface area (Å²) in [4.78, 5) is 0. The van der Waals surface area contributed by atoms with Crippen LogP contribution in [0.1, 0.15) is 29.8 Å². The van der Waals surface area contributed by atoms with Crippen LogP contribution in [-0.4, -0.2) is 5.11 Å². The molecular weight excluding hydrogens is 407 g/mol. The molecule has 1 aliphatic heterocycles. The lowest BCUT2D eigenvalue weighted by molar-refractivity contribution is 0.0657. The standard InChI is InChI=1S/C15H11Br2ClO2/c16-8-1-3-12(18)10(5-8)15-7-13(19)11-6-9(17)2-4-14(11)20-15/h1-6,13,15,19H,7H2/t13-,15?/m1/s1. The van der Waals surface area contributed by atoms with E-state index >= 15 is 0 Å². The molecule has 0 bridgehead atoms. The van der Waals surface area contributed by atoms with Crippen molar-refractivity contribution >= 4 is 43.5 Å². The van der Waals surface area contributed by atoms with Gasteiger partial charge in [-0.05, 0) is 36.4 Å². The predicted octanol–water partition coefficient (Wildman–Crippen LogP) is 5.42. The monoisotopic (exact) mass is 416 g/mol. The van der Waals surface area contributed by atoms with E-state index < -0.39 is 6.10 Å². The molecule has 0 spiro atoms. The van der Waals surface area contributed by atoms with Gasteiger partial charge in [0, 0.05) is 31.5 Å². The Hall–Kier alpha value is -0.550. The molecule has 1 N–H and O–H groups in total. The summed E-state index contributed by atoms with van der Waals surface area (Å²) in [7, 11) is 0. The van der Waals surface area contributed by atoms with Crippen LogP contribution in [0.25, 0.3) is 0 Å². The van der Waals surface area contributed by atoms with Gasteiger partial charge in [-0.1, -0.05) is 43.5 Å². The third-order valence-electron chi connectivity index (χ3n) is 3.34. The van der Waals surface area contributed by atoms with Crippen molar-refractivity contribution in [1.82, 2.24) is 0 Å². The zero-order valence-electron chi connectivity index (χ0n) is 10.3. The minimum Gasteiger partial charge on any atom is -0.485 e. The Morgan fingerprint density at radius 2 is 1.70 bits per heavy atom. The molecule has 2 aromatic carbocycles. The fourth-order valence-corrected chi connectivity index (χ4v) is 3.37. The SMILES string of the molecule is O[C@@H]1CC(c2cc(Br)ccc2Cl)Oc2ccc(Br)cc21. The van der Waals surface area contributed by atoms with Gasteiger partial charge in [-0.25, -0.2) is 0 Å².